The number of nitrogens with one attached hydrogen (secondary N) is 2. The number of rotatable bonds is 3. The molecule has 3 atom stereocenters. The zero-order valence-electron chi connectivity index (χ0n) is 13.9. The second kappa shape index (κ2) is 5.90. The summed E-state index contributed by atoms with van der Waals surface area (Å²) in [6.45, 7) is 5.10. The number of hydrogen-bond acceptors (Lipinski definition) is 5. The first-order valence-electron chi connectivity index (χ1n) is 7.93. The van der Waals surface area contributed by atoms with Crippen LogP contribution >= 0.6 is 0 Å². The van der Waals surface area contributed by atoms with Crippen molar-refractivity contribution in [3.63, 3.8) is 0 Å². The molecule has 7 nitrogen and oxygen atoms in total. The van der Waals surface area contributed by atoms with E-state index >= 15 is 0 Å². The van der Waals surface area contributed by atoms with E-state index in [0.717, 1.165) is 0 Å². The molecule has 0 fully saturated rings. The number of hydrogen-bond donors (Lipinski definition) is 3. The van der Waals surface area contributed by atoms with Crippen molar-refractivity contribution in [3.8, 4) is 0 Å². The number of nitrogens with zero attached hydrogens (tertiary/aromatic N) is 1. The van der Waals surface area contributed by atoms with Crippen LogP contribution < -0.4 is 5.56 Å². The van der Waals surface area contributed by atoms with Crippen LogP contribution in [-0.4, -0.2) is 38.0 Å². The van der Waals surface area contributed by atoms with Gasteiger partial charge in [0.2, 0.25) is 0 Å². The van der Waals surface area contributed by atoms with Gasteiger partial charge in [0.05, 0.1) is 17.6 Å². The van der Waals surface area contributed by atoms with Gasteiger partial charge in [-0.2, -0.15) is 0 Å². The summed E-state index contributed by atoms with van der Waals surface area (Å²) in [4.78, 5) is 29.1. The molecule has 0 amide bonds. The summed E-state index contributed by atoms with van der Waals surface area (Å²) < 4.78 is 5.37. The van der Waals surface area contributed by atoms with Gasteiger partial charge in [0.15, 0.2) is 0 Å². The first-order chi connectivity index (χ1) is 11.3. The van der Waals surface area contributed by atoms with Gasteiger partial charge in [0, 0.05) is 36.0 Å². The minimum absolute atomic E-state index is 0.162. The average Bonchev–Trinajstić information content (AvgIpc) is 2.85. The maximum atomic E-state index is 12.7. The Morgan fingerprint density at radius 2 is 2.21 bits per heavy atom. The Labute approximate surface area is 139 Å². The van der Waals surface area contributed by atoms with Gasteiger partial charge in [-0.3, -0.25) is 19.7 Å². The SMILES string of the molecule is CC(C)OC(=O)[C@@H]1[C@H](c2cccnc2)c2c([nH][nH]c2=O)C[C@]1(C)O. The lowest BCUT2D eigenvalue weighted by atomic mass is 9.66. The highest BCUT2D eigenvalue weighted by molar-refractivity contribution is 5.77. The van der Waals surface area contributed by atoms with E-state index in [1.165, 1.54) is 0 Å². The molecule has 3 rings (SSSR count). The summed E-state index contributed by atoms with van der Waals surface area (Å²) in [5.41, 5.74) is 0.101. The molecule has 0 aliphatic heterocycles. The Morgan fingerprint density at radius 1 is 1.46 bits per heavy atom. The third-order valence-electron chi connectivity index (χ3n) is 4.39. The van der Waals surface area contributed by atoms with E-state index in [1.807, 2.05) is 0 Å². The van der Waals surface area contributed by atoms with Crippen LogP contribution in [0.25, 0.3) is 0 Å². The van der Waals surface area contributed by atoms with E-state index in [9.17, 15) is 14.7 Å². The molecule has 0 spiro atoms. The van der Waals surface area contributed by atoms with Crippen molar-refractivity contribution >= 4 is 5.97 Å². The number of aromatic nitrogens is 3. The highest BCUT2D eigenvalue weighted by Crippen LogP contribution is 2.44. The van der Waals surface area contributed by atoms with Gasteiger partial charge < -0.3 is 14.9 Å². The van der Waals surface area contributed by atoms with Gasteiger partial charge >= 0.3 is 5.97 Å². The minimum atomic E-state index is -1.36. The van der Waals surface area contributed by atoms with Crippen LogP contribution in [-0.2, 0) is 16.0 Å². The minimum Gasteiger partial charge on any atom is -0.463 e. The molecule has 0 aromatic carbocycles. The van der Waals surface area contributed by atoms with E-state index in [0.29, 0.717) is 16.8 Å². The zero-order chi connectivity index (χ0) is 17.5. The van der Waals surface area contributed by atoms with Crippen LogP contribution in [0, 0.1) is 5.92 Å². The Morgan fingerprint density at radius 3 is 2.83 bits per heavy atom. The zero-order valence-corrected chi connectivity index (χ0v) is 13.9. The Bertz CT molecular complexity index is 792. The Kier molecular flexibility index (Phi) is 4.04. The van der Waals surface area contributed by atoms with Gasteiger partial charge in [-0.25, -0.2) is 0 Å². The Balaban J connectivity index is 2.18. The summed E-state index contributed by atoms with van der Waals surface area (Å²) in [7, 11) is 0. The quantitative estimate of drug-likeness (QED) is 0.730. The number of aliphatic hydroxyl groups is 1. The molecule has 0 radical (unpaired) electrons. The number of esters is 1. The third-order valence-corrected chi connectivity index (χ3v) is 4.39. The fourth-order valence-corrected chi connectivity index (χ4v) is 3.48. The standard InChI is InChI=1S/C17H21N3O4/c1-9(2)24-16(22)14-12(10-5-4-6-18-8-10)13-11(7-17(14,3)23)19-20-15(13)21/h4-6,8-9,12,14,23H,7H2,1-3H3,(H2,19,20,21)/t12-,14+,17+/m1/s1. The van der Waals surface area contributed by atoms with Crippen molar-refractivity contribution < 1.29 is 14.6 Å². The summed E-state index contributed by atoms with van der Waals surface area (Å²) in [5.74, 6) is -2.04. The molecule has 128 valence electrons. The predicted octanol–water partition coefficient (Wildman–Crippen LogP) is 1.10. The second-order valence-electron chi connectivity index (χ2n) is 6.73. The van der Waals surface area contributed by atoms with Crippen LogP contribution in [0.2, 0.25) is 0 Å². The number of aromatic amines is 2. The highest BCUT2D eigenvalue weighted by Gasteiger charge is 2.51. The van der Waals surface area contributed by atoms with Crippen molar-refractivity contribution in [1.29, 1.82) is 0 Å². The van der Waals surface area contributed by atoms with E-state index in [1.54, 1.807) is 45.3 Å². The number of fused-ring (bicyclic) bond motifs is 1. The lowest BCUT2D eigenvalue weighted by Crippen LogP contribution is -2.50. The Hall–Kier alpha value is -2.41. The normalized spacial score (nSPS) is 26.2. The van der Waals surface area contributed by atoms with E-state index in [-0.39, 0.29) is 18.1 Å². The fourth-order valence-electron chi connectivity index (χ4n) is 3.48. The number of carbonyl (C=O) groups is 1. The lowest BCUT2D eigenvalue weighted by Gasteiger charge is -2.40. The molecule has 2 aromatic heterocycles. The van der Waals surface area contributed by atoms with Gasteiger partial charge in [0.1, 0.15) is 0 Å². The van der Waals surface area contributed by atoms with E-state index in [2.05, 4.69) is 15.2 Å². The van der Waals surface area contributed by atoms with Gasteiger partial charge in [-0.05, 0) is 32.4 Å². The molecule has 3 N–H and O–H groups in total. The molecule has 2 heterocycles. The highest BCUT2D eigenvalue weighted by atomic mass is 16.5. The number of H-pyrrole nitrogens is 2. The maximum Gasteiger partial charge on any atom is 0.313 e. The summed E-state index contributed by atoms with van der Waals surface area (Å²) in [6, 6.07) is 3.54. The van der Waals surface area contributed by atoms with Crippen LogP contribution in [0.4, 0.5) is 0 Å². The molecule has 0 unspecified atom stereocenters. The monoisotopic (exact) mass is 331 g/mol. The molecule has 2 aromatic rings. The molecule has 7 heteroatoms. The summed E-state index contributed by atoms with van der Waals surface area (Å²) in [6.07, 6.45) is 3.08. The molecule has 24 heavy (non-hydrogen) atoms. The van der Waals surface area contributed by atoms with E-state index in [4.69, 9.17) is 4.74 Å². The average molecular weight is 331 g/mol. The van der Waals surface area contributed by atoms with Gasteiger partial charge in [-0.15, -0.1) is 0 Å². The van der Waals surface area contributed by atoms with Gasteiger partial charge in [0.25, 0.3) is 5.56 Å². The predicted molar refractivity (Wildman–Crippen MR) is 86.5 cm³/mol. The second-order valence-corrected chi connectivity index (χ2v) is 6.73. The topological polar surface area (TPSA) is 108 Å². The fraction of sp³-hybridized carbons (Fsp3) is 0.471. The smallest absolute Gasteiger partial charge is 0.313 e. The first kappa shape index (κ1) is 16.4. The van der Waals surface area contributed by atoms with Crippen molar-refractivity contribution in [2.24, 2.45) is 5.92 Å². The van der Waals surface area contributed by atoms with Crippen molar-refractivity contribution in [1.82, 2.24) is 15.2 Å². The lowest BCUT2D eigenvalue weighted by molar-refractivity contribution is -0.163. The molecular weight excluding hydrogens is 310 g/mol. The molecular formula is C17H21N3O4. The van der Waals surface area contributed by atoms with Crippen molar-refractivity contribution in [3.05, 3.63) is 51.7 Å². The summed E-state index contributed by atoms with van der Waals surface area (Å²) >= 11 is 0. The molecule has 1 aliphatic carbocycles. The van der Waals surface area contributed by atoms with E-state index < -0.39 is 23.4 Å². The van der Waals surface area contributed by atoms with Crippen LogP contribution in [0.1, 0.15) is 43.5 Å². The number of carbonyl (C=O) groups excluding carboxylic acids is 1. The molecule has 0 bridgehead atoms. The van der Waals surface area contributed by atoms with Crippen LogP contribution in [0.5, 0.6) is 0 Å². The molecule has 1 aliphatic rings. The first-order valence-corrected chi connectivity index (χ1v) is 7.93. The van der Waals surface area contributed by atoms with Crippen molar-refractivity contribution in [2.75, 3.05) is 0 Å². The van der Waals surface area contributed by atoms with Crippen LogP contribution in [0.3, 0.4) is 0 Å². The number of ether oxygens (including phenoxy) is 1. The number of pyridine rings is 1. The molecule has 0 saturated carbocycles. The molecule has 0 saturated heterocycles. The van der Waals surface area contributed by atoms with Crippen LogP contribution in [0.15, 0.2) is 29.3 Å². The maximum absolute atomic E-state index is 12.7. The van der Waals surface area contributed by atoms with Crippen molar-refractivity contribution in [2.45, 2.75) is 44.8 Å². The largest absolute Gasteiger partial charge is 0.463 e. The third kappa shape index (κ3) is 2.75. The summed E-state index contributed by atoms with van der Waals surface area (Å²) in [5, 5.41) is 16.3. The van der Waals surface area contributed by atoms with Gasteiger partial charge in [-0.1, -0.05) is 6.07 Å².